The number of rotatable bonds is 18. The number of hydrogen-bond donors (Lipinski definition) is 3. The topological polar surface area (TPSA) is 233 Å². The van der Waals surface area contributed by atoms with Crippen LogP contribution in [0.1, 0.15) is 93.4 Å². The average molecular weight is 1060 g/mol. The number of anilines is 1. The van der Waals surface area contributed by atoms with E-state index in [2.05, 4.69) is 117 Å². The molecule has 0 spiro atoms. The zero-order valence-corrected chi connectivity index (χ0v) is 45.5. The van der Waals surface area contributed by atoms with Crippen molar-refractivity contribution in [2.24, 2.45) is 0 Å². The van der Waals surface area contributed by atoms with Crippen molar-refractivity contribution in [3.63, 3.8) is 0 Å². The average Bonchev–Trinajstić information content (AvgIpc) is 4.28. The highest BCUT2D eigenvalue weighted by Crippen LogP contribution is 2.17. The highest BCUT2D eigenvalue weighted by Gasteiger charge is 2.16. The molecule has 6 aromatic heterocycles. The monoisotopic (exact) mass is 1060 g/mol. The summed E-state index contributed by atoms with van der Waals surface area (Å²) in [5.41, 5.74) is 11.7. The summed E-state index contributed by atoms with van der Waals surface area (Å²) in [6.45, 7) is 13.7. The Bertz CT molecular complexity index is 2950. The molecule has 77 heavy (non-hydrogen) atoms. The first-order chi connectivity index (χ1) is 37.6. The van der Waals surface area contributed by atoms with Gasteiger partial charge < -0.3 is 15.4 Å². The van der Waals surface area contributed by atoms with Gasteiger partial charge in [0, 0.05) is 86.0 Å². The van der Waals surface area contributed by atoms with Crippen LogP contribution in [0.2, 0.25) is 0 Å². The van der Waals surface area contributed by atoms with Gasteiger partial charge >= 0.3 is 0 Å². The Morgan fingerprint density at radius 2 is 1.06 bits per heavy atom. The highest BCUT2D eigenvalue weighted by atomic mass is 35.5. The third-order valence-corrected chi connectivity index (χ3v) is 11.5. The molecule has 4 N–H and O–H groups in total. The lowest BCUT2D eigenvalue weighted by molar-refractivity contribution is -0.111. The molecule has 402 valence electrons. The Hall–Kier alpha value is -8.41. The summed E-state index contributed by atoms with van der Waals surface area (Å²) in [7, 11) is 0. The van der Waals surface area contributed by atoms with Crippen molar-refractivity contribution >= 4 is 35.0 Å². The molecule has 18 heteroatoms. The van der Waals surface area contributed by atoms with Gasteiger partial charge in [0.25, 0.3) is 0 Å². The molecule has 3 aromatic carbocycles. The maximum atomic E-state index is 12.2. The number of nitrogens with zero attached hydrogens (tertiary/aromatic N) is 11. The van der Waals surface area contributed by atoms with E-state index in [1.54, 1.807) is 44.1 Å². The standard InChI is InChI=1S/C19H20N4O.C16H16N4.C8H8O.C7H7N5.C6H15N.C3H5ClO/c1-2-18(24)23-17(12-6-10-15-8-4-3-5-9-15)21-19(22-23)16-11-7-13-20-14-16;1-2-6-13(7-3-1)8-4-10-15-18-16(20-19-15)14-9-5-11-17-12-14;9-7-6-8-4-2-1-3-5-8;8-7-10-6(11-12-7)5-2-1-3-9-4-5;1-4-7(5-2)6-3;1-2-3(4)5/h3-5,7-9,11,13-14H,2,6,10,12H2,1H3;1-3,5-7,9,11-12H,4,8,10H2,(H,18,19,20);1-5,7H,6H2;1-4H,(H3,8,10,11,12);4-6H2,1-3H3;2H2,1H3. The minimum atomic E-state index is -0.273. The molecule has 0 atom stereocenters. The first-order valence-corrected chi connectivity index (χ1v) is 26.2. The Morgan fingerprint density at radius 1 is 0.571 bits per heavy atom. The van der Waals surface area contributed by atoms with Crippen LogP contribution in [0.15, 0.2) is 165 Å². The maximum absolute atomic E-state index is 12.2. The van der Waals surface area contributed by atoms with E-state index >= 15 is 0 Å². The fourth-order valence-corrected chi connectivity index (χ4v) is 6.99. The van der Waals surface area contributed by atoms with Crippen molar-refractivity contribution in [3.05, 3.63) is 193 Å². The van der Waals surface area contributed by atoms with Gasteiger partial charge in [-0.25, -0.2) is 9.97 Å². The summed E-state index contributed by atoms with van der Waals surface area (Å²) in [5.74, 6) is 3.77. The Labute approximate surface area is 457 Å². The van der Waals surface area contributed by atoms with Crippen molar-refractivity contribution in [1.29, 1.82) is 0 Å². The van der Waals surface area contributed by atoms with Gasteiger partial charge in [-0.1, -0.05) is 126 Å². The highest BCUT2D eigenvalue weighted by molar-refractivity contribution is 6.63. The zero-order chi connectivity index (χ0) is 55.3. The van der Waals surface area contributed by atoms with Crippen LogP contribution < -0.4 is 5.73 Å². The first kappa shape index (κ1) is 61.1. The fraction of sp³-hybridized carbons (Fsp3) is 0.288. The number of aldehydes is 1. The Balaban J connectivity index is 0.000000216. The van der Waals surface area contributed by atoms with E-state index in [4.69, 9.17) is 17.3 Å². The number of nitrogen functional groups attached to an aromatic ring is 1. The molecule has 0 fully saturated rings. The fourth-order valence-electron chi connectivity index (χ4n) is 6.99. The maximum Gasteiger partial charge on any atom is 0.248 e. The van der Waals surface area contributed by atoms with Crippen LogP contribution in [-0.2, 0) is 41.7 Å². The number of pyridine rings is 3. The number of nitrogens with one attached hydrogen (secondary N) is 2. The molecule has 0 aliphatic carbocycles. The van der Waals surface area contributed by atoms with Crippen molar-refractivity contribution in [2.45, 2.75) is 92.4 Å². The van der Waals surface area contributed by atoms with Gasteiger partial charge in [-0.2, -0.15) is 14.8 Å². The Morgan fingerprint density at radius 3 is 1.49 bits per heavy atom. The molecule has 9 rings (SSSR count). The minimum absolute atomic E-state index is 0.0349. The van der Waals surface area contributed by atoms with Crippen LogP contribution in [0, 0.1) is 0 Å². The van der Waals surface area contributed by atoms with Gasteiger partial charge in [0.2, 0.25) is 17.1 Å². The van der Waals surface area contributed by atoms with Crippen molar-refractivity contribution < 1.29 is 14.4 Å². The Kier molecular flexibility index (Phi) is 29.0. The van der Waals surface area contributed by atoms with Crippen molar-refractivity contribution in [2.75, 3.05) is 25.4 Å². The van der Waals surface area contributed by atoms with Gasteiger partial charge in [0.05, 0.1) is 0 Å². The van der Waals surface area contributed by atoms with Crippen LogP contribution in [0.4, 0.5) is 5.95 Å². The molecule has 0 aliphatic heterocycles. The van der Waals surface area contributed by atoms with Crippen LogP contribution >= 0.6 is 11.6 Å². The number of aromatic nitrogens is 12. The number of nitrogens with two attached hydrogens (primary N) is 1. The molecule has 6 heterocycles. The summed E-state index contributed by atoms with van der Waals surface area (Å²) >= 11 is 4.82. The third-order valence-electron chi connectivity index (χ3n) is 11.2. The second kappa shape index (κ2) is 36.5. The van der Waals surface area contributed by atoms with Crippen LogP contribution in [0.25, 0.3) is 34.2 Å². The van der Waals surface area contributed by atoms with E-state index in [1.165, 1.54) is 35.4 Å². The SMILES string of the molecule is CCC(=O)Cl.CCC(=O)n1nc(-c2cccnc2)nc1CCCc1ccccc1.CCN(CC)CC.Nc1n[nH]c(-c2cccnc2)n1.O=CCc1ccccc1.c1ccc(CCCc2nc(-c3cccnc3)n[nH]2)cc1. The largest absolute Gasteiger partial charge is 0.366 e. The number of hydrogen-bond acceptors (Lipinski definition) is 14. The summed E-state index contributed by atoms with van der Waals surface area (Å²) in [4.78, 5) is 59.2. The molecule has 0 radical (unpaired) electrons. The van der Waals surface area contributed by atoms with E-state index in [0.717, 1.165) is 72.3 Å². The van der Waals surface area contributed by atoms with E-state index in [-0.39, 0.29) is 17.1 Å². The van der Waals surface area contributed by atoms with Gasteiger partial charge in [-0.15, -0.1) is 10.2 Å². The van der Waals surface area contributed by atoms with E-state index in [1.807, 2.05) is 97.9 Å². The van der Waals surface area contributed by atoms with Crippen molar-refractivity contribution in [1.82, 2.24) is 65.0 Å². The number of carbonyl (C=O) groups is 3. The molecular formula is C59H71ClN14O3. The van der Waals surface area contributed by atoms with Gasteiger partial charge in [0.1, 0.15) is 17.9 Å². The second-order valence-corrected chi connectivity index (χ2v) is 17.2. The molecule has 0 amide bonds. The molecule has 0 aliphatic rings. The molecule has 9 aromatic rings. The summed E-state index contributed by atoms with van der Waals surface area (Å²) in [6.07, 6.45) is 18.2. The quantitative estimate of drug-likeness (QED) is 0.0536. The smallest absolute Gasteiger partial charge is 0.248 e. The number of H-pyrrole nitrogens is 2. The number of aryl methyl sites for hydroxylation is 4. The molecule has 0 saturated carbocycles. The lowest BCUT2D eigenvalue weighted by Gasteiger charge is -2.13. The van der Waals surface area contributed by atoms with E-state index < -0.39 is 0 Å². The predicted molar refractivity (Wildman–Crippen MR) is 306 cm³/mol. The predicted octanol–water partition coefficient (Wildman–Crippen LogP) is 11.0. The number of benzene rings is 3. The summed E-state index contributed by atoms with van der Waals surface area (Å²) in [6, 6.07) is 41.8. The summed E-state index contributed by atoms with van der Waals surface area (Å²) in [5, 5.41) is 17.8. The number of aromatic amines is 2. The van der Waals surface area contributed by atoms with Crippen molar-refractivity contribution in [3.8, 4) is 34.2 Å². The normalized spacial score (nSPS) is 10.1. The third kappa shape index (κ3) is 23.8. The minimum Gasteiger partial charge on any atom is -0.366 e. The van der Waals surface area contributed by atoms with Crippen LogP contribution in [-0.4, -0.2) is 102 Å². The van der Waals surface area contributed by atoms with Gasteiger partial charge in [0.15, 0.2) is 17.5 Å². The number of carbonyl (C=O) groups excluding carboxylic acids is 3. The lowest BCUT2D eigenvalue weighted by Crippen LogP contribution is -2.21. The molecule has 0 bridgehead atoms. The van der Waals surface area contributed by atoms with Crippen LogP contribution in [0.5, 0.6) is 0 Å². The lowest BCUT2D eigenvalue weighted by atomic mass is 10.1. The van der Waals surface area contributed by atoms with Gasteiger partial charge in [-0.05, 0) is 110 Å². The first-order valence-electron chi connectivity index (χ1n) is 25.9. The molecule has 17 nitrogen and oxygen atoms in total. The molecule has 0 saturated heterocycles. The molecule has 0 unspecified atom stereocenters. The second-order valence-electron chi connectivity index (χ2n) is 16.7. The number of halogens is 1. The van der Waals surface area contributed by atoms with E-state index in [9.17, 15) is 14.4 Å². The van der Waals surface area contributed by atoms with Crippen LogP contribution in [0.3, 0.4) is 0 Å². The molecular weight excluding hydrogens is 988 g/mol. The van der Waals surface area contributed by atoms with E-state index in [0.29, 0.717) is 43.2 Å². The summed E-state index contributed by atoms with van der Waals surface area (Å²) < 4.78 is 1.45. The van der Waals surface area contributed by atoms with Gasteiger partial charge in [-0.3, -0.25) is 34.7 Å². The zero-order valence-electron chi connectivity index (χ0n) is 44.8.